The zero-order valence-electron chi connectivity index (χ0n) is 15.6. The Morgan fingerprint density at radius 1 is 1.15 bits per heavy atom. The van der Waals surface area contributed by atoms with Crippen LogP contribution in [0.4, 0.5) is 11.5 Å². The molecule has 1 amide bonds. The van der Waals surface area contributed by atoms with Crippen LogP contribution in [-0.2, 0) is 4.79 Å². The standard InChI is InChI=1S/C20H25N5O/c1-13-6-4-5-7-18(13)23-19(26)11-25-16-8-17(25)10-24(9-16)20-14(2)15(3)21-12-22-20/h4-7,12,16-17H,8-11H2,1-3H3,(H,23,26). The van der Waals surface area contributed by atoms with Gasteiger partial charge in [0.15, 0.2) is 0 Å². The minimum Gasteiger partial charge on any atom is -0.353 e. The molecule has 26 heavy (non-hydrogen) atoms. The van der Waals surface area contributed by atoms with E-state index in [0.29, 0.717) is 18.6 Å². The van der Waals surface area contributed by atoms with Crippen LogP contribution in [0.1, 0.15) is 23.2 Å². The van der Waals surface area contributed by atoms with Crippen molar-refractivity contribution in [1.29, 1.82) is 0 Å². The summed E-state index contributed by atoms with van der Waals surface area (Å²) >= 11 is 0. The summed E-state index contributed by atoms with van der Waals surface area (Å²) < 4.78 is 0. The van der Waals surface area contributed by atoms with E-state index < -0.39 is 0 Å². The first kappa shape index (κ1) is 17.0. The number of hydrogen-bond donors (Lipinski definition) is 1. The summed E-state index contributed by atoms with van der Waals surface area (Å²) in [5.41, 5.74) is 4.17. The maximum absolute atomic E-state index is 12.5. The fourth-order valence-electron chi connectivity index (χ4n) is 4.03. The minimum atomic E-state index is 0.0662. The topological polar surface area (TPSA) is 61.4 Å². The van der Waals surface area contributed by atoms with Crippen molar-refractivity contribution in [3.8, 4) is 0 Å². The average Bonchev–Trinajstić information content (AvgIpc) is 2.64. The van der Waals surface area contributed by atoms with Gasteiger partial charge in [-0.05, 0) is 38.8 Å². The van der Waals surface area contributed by atoms with E-state index in [2.05, 4.69) is 32.0 Å². The molecule has 3 saturated heterocycles. The van der Waals surface area contributed by atoms with Crippen LogP contribution in [0.2, 0.25) is 0 Å². The Morgan fingerprint density at radius 2 is 1.88 bits per heavy atom. The Hall–Kier alpha value is -2.47. The number of hydrogen-bond acceptors (Lipinski definition) is 5. The number of para-hydroxylation sites is 1. The number of fused-ring (bicyclic) bond motifs is 2. The van der Waals surface area contributed by atoms with E-state index in [1.54, 1.807) is 6.33 Å². The summed E-state index contributed by atoms with van der Waals surface area (Å²) in [5, 5.41) is 3.04. The monoisotopic (exact) mass is 351 g/mol. The van der Waals surface area contributed by atoms with Gasteiger partial charge in [0.1, 0.15) is 12.1 Å². The molecule has 0 spiro atoms. The molecule has 6 heteroatoms. The van der Waals surface area contributed by atoms with Crippen molar-refractivity contribution in [3.63, 3.8) is 0 Å². The number of carbonyl (C=O) groups excluding carboxylic acids is 1. The number of carbonyl (C=O) groups is 1. The highest BCUT2D eigenvalue weighted by Crippen LogP contribution is 2.34. The van der Waals surface area contributed by atoms with Gasteiger partial charge in [-0.3, -0.25) is 9.69 Å². The molecule has 3 aliphatic heterocycles. The number of nitrogens with zero attached hydrogens (tertiary/aromatic N) is 4. The van der Waals surface area contributed by atoms with Crippen LogP contribution < -0.4 is 10.2 Å². The van der Waals surface area contributed by atoms with Crippen molar-refractivity contribution in [2.45, 2.75) is 39.3 Å². The van der Waals surface area contributed by atoms with Crippen LogP contribution in [0.25, 0.3) is 0 Å². The molecule has 2 aromatic rings. The third-order valence-corrected chi connectivity index (χ3v) is 5.70. The van der Waals surface area contributed by atoms with Crippen LogP contribution >= 0.6 is 0 Å². The lowest BCUT2D eigenvalue weighted by atomic mass is 9.87. The Kier molecular flexibility index (Phi) is 4.36. The number of aryl methyl sites for hydroxylation is 2. The van der Waals surface area contributed by atoms with Gasteiger partial charge in [0.25, 0.3) is 0 Å². The van der Waals surface area contributed by atoms with Crippen molar-refractivity contribution >= 4 is 17.4 Å². The van der Waals surface area contributed by atoms with Crippen LogP contribution in [0, 0.1) is 20.8 Å². The summed E-state index contributed by atoms with van der Waals surface area (Å²) in [5.74, 6) is 1.10. The molecule has 136 valence electrons. The second-order valence-corrected chi connectivity index (χ2v) is 7.39. The van der Waals surface area contributed by atoms with Gasteiger partial charge < -0.3 is 10.2 Å². The Bertz CT molecular complexity index is 825. The van der Waals surface area contributed by atoms with Crippen molar-refractivity contribution in [1.82, 2.24) is 14.9 Å². The Labute approximate surface area is 154 Å². The van der Waals surface area contributed by atoms with E-state index in [0.717, 1.165) is 47.8 Å². The van der Waals surface area contributed by atoms with Crippen molar-refractivity contribution in [2.24, 2.45) is 0 Å². The first-order valence-corrected chi connectivity index (χ1v) is 9.17. The highest BCUT2D eigenvalue weighted by molar-refractivity contribution is 5.93. The lowest BCUT2D eigenvalue weighted by molar-refractivity contribution is -0.121. The number of piperazine rings is 1. The van der Waals surface area contributed by atoms with Crippen LogP contribution in [0.3, 0.4) is 0 Å². The van der Waals surface area contributed by atoms with E-state index in [-0.39, 0.29) is 5.91 Å². The number of benzene rings is 1. The third kappa shape index (κ3) is 3.05. The van der Waals surface area contributed by atoms with E-state index in [4.69, 9.17) is 0 Å². The Balaban J connectivity index is 1.38. The van der Waals surface area contributed by atoms with Gasteiger partial charge in [0, 0.05) is 42.1 Å². The molecule has 0 radical (unpaired) electrons. The maximum atomic E-state index is 12.5. The third-order valence-electron chi connectivity index (χ3n) is 5.70. The van der Waals surface area contributed by atoms with Crippen molar-refractivity contribution in [2.75, 3.05) is 29.9 Å². The molecule has 1 aromatic heterocycles. The van der Waals surface area contributed by atoms with Gasteiger partial charge in [0.2, 0.25) is 5.91 Å². The van der Waals surface area contributed by atoms with Gasteiger partial charge in [-0.1, -0.05) is 18.2 Å². The largest absolute Gasteiger partial charge is 0.353 e. The van der Waals surface area contributed by atoms with Crippen LogP contribution in [-0.4, -0.2) is 52.5 Å². The van der Waals surface area contributed by atoms with Gasteiger partial charge in [0.05, 0.1) is 6.54 Å². The number of nitrogens with one attached hydrogen (secondary N) is 1. The molecule has 6 nitrogen and oxygen atoms in total. The van der Waals surface area contributed by atoms with E-state index in [1.165, 1.54) is 0 Å². The predicted molar refractivity (Wildman–Crippen MR) is 102 cm³/mol. The number of piperidine rings is 1. The maximum Gasteiger partial charge on any atom is 0.238 e. The second-order valence-electron chi connectivity index (χ2n) is 7.39. The zero-order chi connectivity index (χ0) is 18.3. The number of rotatable bonds is 4. The highest BCUT2D eigenvalue weighted by Gasteiger charge is 2.45. The number of aromatic nitrogens is 2. The SMILES string of the molecule is Cc1ccccc1NC(=O)CN1C2CC1CN(c1ncnc(C)c1C)C2. The molecule has 0 saturated carbocycles. The molecule has 4 heterocycles. The van der Waals surface area contributed by atoms with Gasteiger partial charge in [-0.2, -0.15) is 0 Å². The minimum absolute atomic E-state index is 0.0662. The van der Waals surface area contributed by atoms with Crippen LogP contribution in [0.5, 0.6) is 0 Å². The molecule has 3 aliphatic rings. The van der Waals surface area contributed by atoms with E-state index in [9.17, 15) is 4.79 Å². The fraction of sp³-hybridized carbons (Fsp3) is 0.450. The first-order valence-electron chi connectivity index (χ1n) is 9.17. The molecule has 5 rings (SSSR count). The molecule has 0 aliphatic carbocycles. The molecule has 2 bridgehead atoms. The summed E-state index contributed by atoms with van der Waals surface area (Å²) in [4.78, 5) is 25.9. The molecule has 2 unspecified atom stereocenters. The summed E-state index contributed by atoms with van der Waals surface area (Å²) in [6, 6.07) is 8.74. The molecule has 3 fully saturated rings. The first-order chi connectivity index (χ1) is 12.5. The summed E-state index contributed by atoms with van der Waals surface area (Å²) in [6.07, 6.45) is 2.81. The lowest BCUT2D eigenvalue weighted by Gasteiger charge is -2.56. The quantitative estimate of drug-likeness (QED) is 0.916. The predicted octanol–water partition coefficient (Wildman–Crippen LogP) is 2.30. The summed E-state index contributed by atoms with van der Waals surface area (Å²) in [7, 11) is 0. The normalized spacial score (nSPS) is 22.0. The fourth-order valence-corrected chi connectivity index (χ4v) is 4.03. The molecule has 1 N–H and O–H groups in total. The highest BCUT2D eigenvalue weighted by atomic mass is 16.2. The smallest absolute Gasteiger partial charge is 0.238 e. The van der Waals surface area contributed by atoms with Crippen molar-refractivity contribution < 1.29 is 4.79 Å². The van der Waals surface area contributed by atoms with Gasteiger partial charge >= 0.3 is 0 Å². The number of amides is 1. The second kappa shape index (κ2) is 6.68. The number of anilines is 2. The lowest BCUT2D eigenvalue weighted by Crippen LogP contribution is -2.70. The van der Waals surface area contributed by atoms with E-state index >= 15 is 0 Å². The van der Waals surface area contributed by atoms with E-state index in [1.807, 2.05) is 38.1 Å². The molecule has 1 aromatic carbocycles. The zero-order valence-corrected chi connectivity index (χ0v) is 15.6. The molecule has 2 atom stereocenters. The van der Waals surface area contributed by atoms with Gasteiger partial charge in [-0.15, -0.1) is 0 Å². The molecular weight excluding hydrogens is 326 g/mol. The Morgan fingerprint density at radius 3 is 2.62 bits per heavy atom. The summed E-state index contributed by atoms with van der Waals surface area (Å²) in [6.45, 7) is 8.42. The van der Waals surface area contributed by atoms with Gasteiger partial charge in [-0.25, -0.2) is 9.97 Å². The van der Waals surface area contributed by atoms with Crippen molar-refractivity contribution in [3.05, 3.63) is 47.4 Å². The van der Waals surface area contributed by atoms with Crippen LogP contribution in [0.15, 0.2) is 30.6 Å². The average molecular weight is 351 g/mol. The molecular formula is C20H25N5O.